The van der Waals surface area contributed by atoms with Crippen LogP contribution in [0.2, 0.25) is 4.34 Å². The average molecular weight is 311 g/mol. The summed E-state index contributed by atoms with van der Waals surface area (Å²) in [5, 5.41) is 3.43. The van der Waals surface area contributed by atoms with Crippen molar-refractivity contribution in [2.75, 3.05) is 6.54 Å². The summed E-state index contributed by atoms with van der Waals surface area (Å²) in [5.41, 5.74) is 0. The highest BCUT2D eigenvalue weighted by Gasteiger charge is 2.03. The molecule has 0 aliphatic heterocycles. The van der Waals surface area contributed by atoms with E-state index in [4.69, 9.17) is 11.6 Å². The number of halogens is 2. The lowest BCUT2D eigenvalue weighted by Gasteiger charge is -2.05. The molecule has 0 saturated heterocycles. The van der Waals surface area contributed by atoms with Crippen LogP contribution in [0.25, 0.3) is 0 Å². The Balaban J connectivity index is 2.15. The Kier molecular flexibility index (Phi) is 6.20. The molecule has 0 fully saturated rings. The summed E-state index contributed by atoms with van der Waals surface area (Å²) in [5.74, 6) is 0.803. The molecule has 0 spiro atoms. The Bertz CT molecular complexity index is 279. The quantitative estimate of drug-likeness (QED) is 0.752. The summed E-state index contributed by atoms with van der Waals surface area (Å²) in [4.78, 5) is 1.29. The minimum Gasteiger partial charge on any atom is -0.312 e. The van der Waals surface area contributed by atoms with Crippen LogP contribution in [0.1, 0.15) is 31.6 Å². The van der Waals surface area contributed by atoms with Crippen LogP contribution in [0.4, 0.5) is 0 Å². The maximum atomic E-state index is 5.95. The average Bonchev–Trinajstić information content (AvgIpc) is 2.45. The van der Waals surface area contributed by atoms with Gasteiger partial charge in [-0.3, -0.25) is 0 Å². The molecule has 1 nitrogen and oxygen atoms in total. The molecular weight excluding hydrogens is 294 g/mol. The van der Waals surface area contributed by atoms with Crippen molar-refractivity contribution in [1.29, 1.82) is 0 Å². The van der Waals surface area contributed by atoms with Crippen LogP contribution in [0, 0.1) is 5.92 Å². The fourth-order valence-corrected chi connectivity index (χ4v) is 3.09. The van der Waals surface area contributed by atoms with Gasteiger partial charge >= 0.3 is 0 Å². The van der Waals surface area contributed by atoms with Crippen LogP contribution in [-0.2, 0) is 6.54 Å². The van der Waals surface area contributed by atoms with E-state index in [9.17, 15) is 0 Å². The second-order valence-electron chi connectivity index (χ2n) is 4.05. The van der Waals surface area contributed by atoms with Gasteiger partial charge < -0.3 is 5.32 Å². The van der Waals surface area contributed by atoms with E-state index >= 15 is 0 Å². The number of rotatable bonds is 6. The van der Waals surface area contributed by atoms with Crippen molar-refractivity contribution in [3.8, 4) is 0 Å². The fourth-order valence-electron chi connectivity index (χ4n) is 1.33. The Labute approximate surface area is 109 Å². The second-order valence-corrected chi connectivity index (χ2v) is 6.64. The van der Waals surface area contributed by atoms with Crippen LogP contribution >= 0.6 is 38.9 Å². The van der Waals surface area contributed by atoms with Crippen molar-refractivity contribution in [3.63, 3.8) is 0 Å². The highest BCUT2D eigenvalue weighted by molar-refractivity contribution is 9.10. The van der Waals surface area contributed by atoms with Gasteiger partial charge in [0, 0.05) is 15.9 Å². The summed E-state index contributed by atoms with van der Waals surface area (Å²) in [6.07, 6.45) is 2.54. The molecule has 1 aromatic rings. The minimum absolute atomic E-state index is 0.803. The van der Waals surface area contributed by atoms with Crippen molar-refractivity contribution in [2.45, 2.75) is 33.2 Å². The highest BCUT2D eigenvalue weighted by atomic mass is 79.9. The maximum absolute atomic E-state index is 5.95. The zero-order valence-electron chi connectivity index (χ0n) is 9.15. The van der Waals surface area contributed by atoms with Crippen molar-refractivity contribution < 1.29 is 0 Å². The van der Waals surface area contributed by atoms with Gasteiger partial charge in [0.15, 0.2) is 0 Å². The molecule has 0 bridgehead atoms. The largest absolute Gasteiger partial charge is 0.312 e. The summed E-state index contributed by atoms with van der Waals surface area (Å²) < 4.78 is 1.85. The van der Waals surface area contributed by atoms with Gasteiger partial charge in [-0.15, -0.1) is 11.3 Å². The standard InChI is InChI=1S/C11H17BrClNS/c1-8(2)4-3-5-14-7-9-6-10(12)11(13)15-9/h6,8,14H,3-5,7H2,1-2H3. The van der Waals surface area contributed by atoms with Gasteiger partial charge in [-0.05, 0) is 47.3 Å². The number of thiophene rings is 1. The molecule has 1 rings (SSSR count). The molecule has 4 heteroatoms. The predicted octanol–water partition coefficient (Wildman–Crippen LogP) is 4.69. The van der Waals surface area contributed by atoms with Crippen molar-refractivity contribution in [3.05, 3.63) is 19.8 Å². The van der Waals surface area contributed by atoms with E-state index in [0.717, 1.165) is 27.8 Å². The molecule has 0 aliphatic carbocycles. The molecule has 0 saturated carbocycles. The van der Waals surface area contributed by atoms with E-state index in [0.29, 0.717) is 0 Å². The van der Waals surface area contributed by atoms with Crippen LogP contribution in [0.3, 0.4) is 0 Å². The van der Waals surface area contributed by atoms with Gasteiger partial charge in [0.05, 0.1) is 0 Å². The molecule has 1 heterocycles. The third-order valence-electron chi connectivity index (χ3n) is 2.13. The molecule has 86 valence electrons. The first-order valence-electron chi connectivity index (χ1n) is 5.24. The van der Waals surface area contributed by atoms with Gasteiger partial charge in [0.2, 0.25) is 0 Å². The number of hydrogen-bond acceptors (Lipinski definition) is 2. The number of hydrogen-bond donors (Lipinski definition) is 1. The molecule has 15 heavy (non-hydrogen) atoms. The Morgan fingerprint density at radius 1 is 1.53 bits per heavy atom. The van der Waals surface area contributed by atoms with Crippen molar-refractivity contribution >= 4 is 38.9 Å². The monoisotopic (exact) mass is 309 g/mol. The Hall–Kier alpha value is 0.430. The highest BCUT2D eigenvalue weighted by Crippen LogP contribution is 2.31. The van der Waals surface area contributed by atoms with Crippen LogP contribution in [0.15, 0.2) is 10.5 Å². The lowest BCUT2D eigenvalue weighted by molar-refractivity contribution is 0.528. The summed E-state index contributed by atoms with van der Waals surface area (Å²) >= 11 is 11.0. The van der Waals surface area contributed by atoms with E-state index in [1.54, 1.807) is 11.3 Å². The second kappa shape index (κ2) is 6.89. The van der Waals surface area contributed by atoms with Crippen LogP contribution in [-0.4, -0.2) is 6.54 Å². The van der Waals surface area contributed by atoms with Crippen LogP contribution < -0.4 is 5.32 Å². The van der Waals surface area contributed by atoms with Crippen molar-refractivity contribution in [2.24, 2.45) is 5.92 Å². The summed E-state index contributed by atoms with van der Waals surface area (Å²) in [6.45, 7) is 6.53. The number of nitrogens with one attached hydrogen (secondary N) is 1. The molecule has 0 amide bonds. The van der Waals surface area contributed by atoms with E-state index in [1.807, 2.05) is 0 Å². The fraction of sp³-hybridized carbons (Fsp3) is 0.636. The topological polar surface area (TPSA) is 12.0 Å². The third-order valence-corrected chi connectivity index (χ3v) is 4.61. The molecular formula is C11H17BrClNS. The first-order valence-corrected chi connectivity index (χ1v) is 7.22. The first kappa shape index (κ1) is 13.5. The Morgan fingerprint density at radius 2 is 2.27 bits per heavy atom. The lowest BCUT2D eigenvalue weighted by atomic mass is 10.1. The van der Waals surface area contributed by atoms with E-state index < -0.39 is 0 Å². The zero-order valence-corrected chi connectivity index (χ0v) is 12.3. The lowest BCUT2D eigenvalue weighted by Crippen LogP contribution is -2.14. The molecule has 0 aliphatic rings. The van der Waals surface area contributed by atoms with E-state index in [-0.39, 0.29) is 0 Å². The molecule has 0 atom stereocenters. The summed E-state index contributed by atoms with van der Waals surface area (Å²) in [6, 6.07) is 2.09. The minimum atomic E-state index is 0.803. The molecule has 1 N–H and O–H groups in total. The normalized spacial score (nSPS) is 11.3. The van der Waals surface area contributed by atoms with Gasteiger partial charge in [-0.25, -0.2) is 0 Å². The van der Waals surface area contributed by atoms with E-state index in [2.05, 4.69) is 41.2 Å². The first-order chi connectivity index (χ1) is 7.09. The molecule has 1 aromatic heterocycles. The maximum Gasteiger partial charge on any atom is 0.107 e. The summed E-state index contributed by atoms with van der Waals surface area (Å²) in [7, 11) is 0. The molecule has 0 unspecified atom stereocenters. The van der Waals surface area contributed by atoms with Crippen molar-refractivity contribution in [1.82, 2.24) is 5.32 Å². The van der Waals surface area contributed by atoms with Gasteiger partial charge in [-0.1, -0.05) is 25.4 Å². The van der Waals surface area contributed by atoms with Gasteiger partial charge in [0.1, 0.15) is 4.34 Å². The zero-order chi connectivity index (χ0) is 11.3. The van der Waals surface area contributed by atoms with Gasteiger partial charge in [-0.2, -0.15) is 0 Å². The van der Waals surface area contributed by atoms with E-state index in [1.165, 1.54) is 17.7 Å². The van der Waals surface area contributed by atoms with Gasteiger partial charge in [0.25, 0.3) is 0 Å². The van der Waals surface area contributed by atoms with Crippen LogP contribution in [0.5, 0.6) is 0 Å². The Morgan fingerprint density at radius 3 is 2.80 bits per heavy atom. The predicted molar refractivity (Wildman–Crippen MR) is 72.8 cm³/mol. The SMILES string of the molecule is CC(C)CCCNCc1cc(Br)c(Cl)s1. The molecule has 0 radical (unpaired) electrons. The molecule has 0 aromatic carbocycles. The smallest absolute Gasteiger partial charge is 0.107 e. The third kappa shape index (κ3) is 5.34.